The highest BCUT2D eigenvalue weighted by Gasteiger charge is 2.27. The van der Waals surface area contributed by atoms with E-state index in [0.29, 0.717) is 24.3 Å². The van der Waals surface area contributed by atoms with Gasteiger partial charge in [-0.3, -0.25) is 4.79 Å². The number of carbonyl (C=O) groups excluding carboxylic acids is 2. The molecule has 1 N–H and O–H groups in total. The van der Waals surface area contributed by atoms with Gasteiger partial charge in [0.1, 0.15) is 5.75 Å². The summed E-state index contributed by atoms with van der Waals surface area (Å²) in [4.78, 5) is 23.9. The molecule has 0 aliphatic carbocycles. The highest BCUT2D eigenvalue weighted by Crippen LogP contribution is 2.30. The summed E-state index contributed by atoms with van der Waals surface area (Å²) in [6, 6.07) is 10.4. The third-order valence-electron chi connectivity index (χ3n) is 4.64. The van der Waals surface area contributed by atoms with E-state index >= 15 is 0 Å². The molecule has 1 heterocycles. The first-order valence-electron chi connectivity index (χ1n) is 9.81. The standard InChI is InChI=1S/C21H23ClN2O6S/c1-2-29-21(26)15-5-7-16(8-6-15)23-20(25)14-30-19-10-9-17(13-18(19)22)31(27,28)24-11-3-4-12-24/h5-10,13H,2-4,11-12,14H2,1H3,(H,23,25). The first-order valence-corrected chi connectivity index (χ1v) is 11.6. The van der Waals surface area contributed by atoms with Crippen LogP contribution in [0.2, 0.25) is 5.02 Å². The minimum absolute atomic E-state index is 0.0953. The number of nitrogens with zero attached hydrogens (tertiary/aromatic N) is 1. The quantitative estimate of drug-likeness (QED) is 0.599. The summed E-state index contributed by atoms with van der Waals surface area (Å²) >= 11 is 6.18. The summed E-state index contributed by atoms with van der Waals surface area (Å²) in [5.41, 5.74) is 0.867. The average Bonchev–Trinajstić information content (AvgIpc) is 3.29. The number of anilines is 1. The molecule has 0 radical (unpaired) electrons. The molecule has 1 aliphatic heterocycles. The molecule has 2 aromatic carbocycles. The number of ether oxygens (including phenoxy) is 2. The minimum atomic E-state index is -3.58. The van der Waals surface area contributed by atoms with Gasteiger partial charge in [-0.1, -0.05) is 11.6 Å². The Hall–Kier alpha value is -2.62. The molecule has 0 aromatic heterocycles. The maximum Gasteiger partial charge on any atom is 0.338 e. The molecule has 0 bridgehead atoms. The van der Waals surface area contributed by atoms with Gasteiger partial charge >= 0.3 is 5.97 Å². The zero-order chi connectivity index (χ0) is 22.4. The van der Waals surface area contributed by atoms with Crippen molar-refractivity contribution in [3.05, 3.63) is 53.1 Å². The second-order valence-corrected chi connectivity index (χ2v) is 9.18. The maximum atomic E-state index is 12.6. The minimum Gasteiger partial charge on any atom is -0.482 e. The second-order valence-electron chi connectivity index (χ2n) is 6.84. The molecular weight excluding hydrogens is 444 g/mol. The highest BCUT2D eigenvalue weighted by molar-refractivity contribution is 7.89. The maximum absolute atomic E-state index is 12.6. The molecule has 0 saturated carbocycles. The van der Waals surface area contributed by atoms with Gasteiger partial charge in [0.05, 0.1) is 22.1 Å². The molecule has 10 heteroatoms. The molecule has 8 nitrogen and oxygen atoms in total. The average molecular weight is 467 g/mol. The van der Waals surface area contributed by atoms with Crippen molar-refractivity contribution >= 4 is 39.2 Å². The summed E-state index contributed by atoms with van der Waals surface area (Å²) in [7, 11) is -3.58. The summed E-state index contributed by atoms with van der Waals surface area (Å²) in [5, 5.41) is 2.74. The molecule has 0 unspecified atom stereocenters. The monoisotopic (exact) mass is 466 g/mol. The number of carbonyl (C=O) groups is 2. The Balaban J connectivity index is 1.57. The van der Waals surface area contributed by atoms with Crippen molar-refractivity contribution in [2.45, 2.75) is 24.7 Å². The molecular formula is C21H23ClN2O6S. The van der Waals surface area contributed by atoms with Crippen LogP contribution in [0.25, 0.3) is 0 Å². The van der Waals surface area contributed by atoms with E-state index in [1.807, 2.05) is 0 Å². The Morgan fingerprint density at radius 2 is 1.77 bits per heavy atom. The Bertz CT molecular complexity index is 1050. The highest BCUT2D eigenvalue weighted by atomic mass is 35.5. The molecule has 31 heavy (non-hydrogen) atoms. The van der Waals surface area contributed by atoms with Gasteiger partial charge in [-0.2, -0.15) is 4.31 Å². The molecule has 1 saturated heterocycles. The lowest BCUT2D eigenvalue weighted by molar-refractivity contribution is -0.118. The van der Waals surface area contributed by atoms with Crippen LogP contribution in [0.1, 0.15) is 30.1 Å². The topological polar surface area (TPSA) is 102 Å². The number of esters is 1. The normalized spacial score (nSPS) is 14.3. The molecule has 2 aromatic rings. The lowest BCUT2D eigenvalue weighted by Crippen LogP contribution is -2.27. The number of amides is 1. The van der Waals surface area contributed by atoms with Crippen LogP contribution in [-0.4, -0.2) is 50.9 Å². The van der Waals surface area contributed by atoms with E-state index in [-0.39, 0.29) is 28.9 Å². The number of halogens is 1. The van der Waals surface area contributed by atoms with E-state index in [1.165, 1.54) is 22.5 Å². The van der Waals surface area contributed by atoms with E-state index in [0.717, 1.165) is 12.8 Å². The Labute approximate surface area is 186 Å². The molecule has 1 amide bonds. The van der Waals surface area contributed by atoms with Gasteiger partial charge in [-0.15, -0.1) is 0 Å². The number of nitrogens with one attached hydrogen (secondary N) is 1. The lowest BCUT2D eigenvalue weighted by atomic mass is 10.2. The van der Waals surface area contributed by atoms with E-state index < -0.39 is 21.9 Å². The van der Waals surface area contributed by atoms with Crippen molar-refractivity contribution in [2.24, 2.45) is 0 Å². The van der Waals surface area contributed by atoms with Crippen molar-refractivity contribution in [3.63, 3.8) is 0 Å². The number of hydrogen-bond donors (Lipinski definition) is 1. The largest absolute Gasteiger partial charge is 0.482 e. The van der Waals surface area contributed by atoms with Gasteiger partial charge < -0.3 is 14.8 Å². The van der Waals surface area contributed by atoms with Crippen molar-refractivity contribution in [3.8, 4) is 5.75 Å². The lowest BCUT2D eigenvalue weighted by Gasteiger charge is -2.16. The fourth-order valence-electron chi connectivity index (χ4n) is 3.08. The van der Waals surface area contributed by atoms with Crippen molar-refractivity contribution < 1.29 is 27.5 Å². The van der Waals surface area contributed by atoms with E-state index in [9.17, 15) is 18.0 Å². The molecule has 1 aliphatic rings. The Kier molecular flexibility index (Phi) is 7.53. The summed E-state index contributed by atoms with van der Waals surface area (Å²) in [6.07, 6.45) is 1.68. The molecule has 0 atom stereocenters. The second kappa shape index (κ2) is 10.1. The molecule has 3 rings (SSSR count). The SMILES string of the molecule is CCOC(=O)c1ccc(NC(=O)COc2ccc(S(=O)(=O)N3CCCC3)cc2Cl)cc1. The van der Waals surface area contributed by atoms with E-state index in [1.54, 1.807) is 31.2 Å². The summed E-state index contributed by atoms with van der Waals surface area (Å²) in [6.45, 7) is 2.68. The number of rotatable bonds is 8. The fourth-order valence-corrected chi connectivity index (χ4v) is 4.92. The Morgan fingerprint density at radius 3 is 2.39 bits per heavy atom. The molecule has 0 spiro atoms. The van der Waals surface area contributed by atoms with Crippen LogP contribution in [0.3, 0.4) is 0 Å². The van der Waals surface area contributed by atoms with Crippen LogP contribution in [0.15, 0.2) is 47.4 Å². The van der Waals surface area contributed by atoms with Gasteiger partial charge in [-0.25, -0.2) is 13.2 Å². The zero-order valence-corrected chi connectivity index (χ0v) is 18.5. The zero-order valence-electron chi connectivity index (χ0n) is 17.0. The van der Waals surface area contributed by atoms with Gasteiger partial charge in [0.2, 0.25) is 10.0 Å². The first kappa shape index (κ1) is 23.1. The van der Waals surface area contributed by atoms with Crippen LogP contribution in [0.5, 0.6) is 5.75 Å². The molecule has 1 fully saturated rings. The van der Waals surface area contributed by atoms with Gasteiger partial charge in [0, 0.05) is 18.8 Å². The van der Waals surface area contributed by atoms with E-state index in [4.69, 9.17) is 21.1 Å². The van der Waals surface area contributed by atoms with Crippen LogP contribution in [0, 0.1) is 0 Å². The van der Waals surface area contributed by atoms with Crippen LogP contribution < -0.4 is 10.1 Å². The summed E-state index contributed by atoms with van der Waals surface area (Å²) < 4.78 is 37.0. The summed E-state index contributed by atoms with van der Waals surface area (Å²) in [5.74, 6) is -0.669. The van der Waals surface area contributed by atoms with Crippen LogP contribution >= 0.6 is 11.6 Å². The fraction of sp³-hybridized carbons (Fsp3) is 0.333. The van der Waals surface area contributed by atoms with E-state index in [2.05, 4.69) is 5.32 Å². The van der Waals surface area contributed by atoms with Gasteiger partial charge in [-0.05, 0) is 62.2 Å². The third-order valence-corrected chi connectivity index (χ3v) is 6.83. The third kappa shape index (κ3) is 5.75. The van der Waals surface area contributed by atoms with Crippen LogP contribution in [0.4, 0.5) is 5.69 Å². The first-order chi connectivity index (χ1) is 14.8. The predicted molar refractivity (Wildman–Crippen MR) is 116 cm³/mol. The molecule has 166 valence electrons. The van der Waals surface area contributed by atoms with Crippen LogP contribution in [-0.2, 0) is 19.6 Å². The number of hydrogen-bond acceptors (Lipinski definition) is 6. The number of benzene rings is 2. The van der Waals surface area contributed by atoms with Crippen molar-refractivity contribution in [1.82, 2.24) is 4.31 Å². The Morgan fingerprint density at radius 1 is 1.10 bits per heavy atom. The van der Waals surface area contributed by atoms with Gasteiger partial charge in [0.15, 0.2) is 6.61 Å². The smallest absolute Gasteiger partial charge is 0.338 e. The predicted octanol–water partition coefficient (Wildman–Crippen LogP) is 3.32. The number of sulfonamides is 1. The van der Waals surface area contributed by atoms with Crippen molar-refractivity contribution in [2.75, 3.05) is 31.6 Å². The van der Waals surface area contributed by atoms with Crippen molar-refractivity contribution in [1.29, 1.82) is 0 Å². The van der Waals surface area contributed by atoms with Gasteiger partial charge in [0.25, 0.3) is 5.91 Å².